The zero-order valence-electron chi connectivity index (χ0n) is 25.9. The summed E-state index contributed by atoms with van der Waals surface area (Å²) in [6.45, 7) is -2.38. The Morgan fingerprint density at radius 3 is 2.39 bits per heavy atom. The lowest BCUT2D eigenvalue weighted by molar-refractivity contribution is -0.160. The van der Waals surface area contributed by atoms with E-state index >= 15 is 0 Å². The van der Waals surface area contributed by atoms with Gasteiger partial charge in [0.2, 0.25) is 15.9 Å². The van der Waals surface area contributed by atoms with E-state index < -0.39 is 61.4 Å². The second-order valence-electron chi connectivity index (χ2n) is 11.0. The molecule has 1 saturated heterocycles. The van der Waals surface area contributed by atoms with Gasteiger partial charge in [0.05, 0.1) is 27.3 Å². The van der Waals surface area contributed by atoms with Gasteiger partial charge in [-0.2, -0.15) is 4.72 Å². The van der Waals surface area contributed by atoms with Gasteiger partial charge in [-0.1, -0.05) is 41.9 Å². The number of nitrogens with one attached hydrogen (secondary N) is 2. The van der Waals surface area contributed by atoms with Crippen molar-refractivity contribution in [2.45, 2.75) is 49.8 Å². The van der Waals surface area contributed by atoms with Gasteiger partial charge in [-0.3, -0.25) is 28.0 Å². The maximum Gasteiger partial charge on any atom is 0.475 e. The van der Waals surface area contributed by atoms with Crippen molar-refractivity contribution in [1.82, 2.24) is 10.0 Å². The van der Waals surface area contributed by atoms with Crippen LogP contribution in [0, 0.1) is 6.92 Å². The summed E-state index contributed by atoms with van der Waals surface area (Å²) < 4.78 is 92.1. The Bertz CT molecular complexity index is 1860. The molecule has 264 valence electrons. The molecule has 0 unspecified atom stereocenters. The number of sulfonamides is 1. The Labute approximate surface area is 289 Å². The number of benzene rings is 2. The third kappa shape index (κ3) is 9.29. The SMILES string of the molecule is Cc1c(N2CCCC2=O)cccc1S(=O)(=O)N[C@@H](CNC(=O)c1ccc(Cl)s1)C(=O)OCC(F)(F)COP1(=O)OCc2ccccc2CO1. The Kier molecular flexibility index (Phi) is 11.6. The quantitative estimate of drug-likeness (QED) is 0.180. The first kappa shape index (κ1) is 37.0. The lowest BCUT2D eigenvalue weighted by Gasteiger charge is -2.23. The van der Waals surface area contributed by atoms with Crippen LogP contribution < -0.4 is 14.9 Å². The number of anilines is 1. The van der Waals surface area contributed by atoms with E-state index in [1.807, 2.05) is 0 Å². The summed E-state index contributed by atoms with van der Waals surface area (Å²) in [7, 11) is -8.99. The number of hydrogen-bond donors (Lipinski definition) is 2. The summed E-state index contributed by atoms with van der Waals surface area (Å²) in [5, 5.41) is 2.38. The van der Waals surface area contributed by atoms with Crippen LogP contribution in [0.2, 0.25) is 4.34 Å². The smallest absolute Gasteiger partial charge is 0.458 e. The van der Waals surface area contributed by atoms with Crippen LogP contribution >= 0.6 is 30.8 Å². The number of rotatable bonds is 13. The van der Waals surface area contributed by atoms with Crippen LogP contribution in [0.4, 0.5) is 14.5 Å². The van der Waals surface area contributed by atoms with Gasteiger partial charge in [0.15, 0.2) is 6.61 Å². The number of alkyl halides is 2. The number of nitrogens with zero attached hydrogens (tertiary/aromatic N) is 1. The zero-order chi connectivity index (χ0) is 35.4. The van der Waals surface area contributed by atoms with Gasteiger partial charge in [0.25, 0.3) is 5.91 Å². The third-order valence-corrected chi connectivity index (χ3v) is 11.7. The van der Waals surface area contributed by atoms with E-state index in [4.69, 9.17) is 29.9 Å². The number of amides is 2. The molecule has 13 nitrogen and oxygen atoms in total. The molecule has 19 heteroatoms. The molecule has 2 amide bonds. The molecule has 5 rings (SSSR count). The fourth-order valence-electron chi connectivity index (χ4n) is 4.97. The van der Waals surface area contributed by atoms with Crippen molar-refractivity contribution in [3.8, 4) is 0 Å². The maximum absolute atomic E-state index is 14.9. The van der Waals surface area contributed by atoms with Crippen LogP contribution in [0.25, 0.3) is 0 Å². The molecule has 1 aromatic heterocycles. The Morgan fingerprint density at radius 2 is 1.78 bits per heavy atom. The number of phosphoric ester groups is 1. The Hall–Kier alpha value is -3.28. The Balaban J connectivity index is 1.27. The number of halogens is 3. The fraction of sp³-hybridized carbons (Fsp3) is 0.367. The molecule has 1 atom stereocenters. The second kappa shape index (κ2) is 15.3. The normalized spacial score (nSPS) is 16.9. The predicted molar refractivity (Wildman–Crippen MR) is 174 cm³/mol. The van der Waals surface area contributed by atoms with E-state index in [2.05, 4.69) is 10.0 Å². The summed E-state index contributed by atoms with van der Waals surface area (Å²) in [5.41, 5.74) is 1.84. The average molecular weight is 762 g/mol. The van der Waals surface area contributed by atoms with Gasteiger partial charge >= 0.3 is 19.7 Å². The molecule has 0 spiro atoms. The number of ether oxygens (including phenoxy) is 1. The van der Waals surface area contributed by atoms with Crippen LogP contribution in [0.1, 0.15) is 39.2 Å². The number of hydrogen-bond acceptors (Lipinski definition) is 11. The number of thiophene rings is 1. The molecule has 0 aliphatic carbocycles. The van der Waals surface area contributed by atoms with E-state index in [1.54, 1.807) is 30.3 Å². The van der Waals surface area contributed by atoms with E-state index in [0.29, 0.717) is 40.5 Å². The van der Waals surface area contributed by atoms with Crippen LogP contribution in [0.3, 0.4) is 0 Å². The minimum atomic E-state index is -4.57. The number of carbonyl (C=O) groups is 3. The van der Waals surface area contributed by atoms with Crippen LogP contribution in [0.15, 0.2) is 59.5 Å². The molecule has 3 aromatic rings. The molecular weight excluding hydrogens is 731 g/mol. The topological polar surface area (TPSA) is 167 Å². The number of carbonyl (C=O) groups excluding carboxylic acids is 3. The summed E-state index contributed by atoms with van der Waals surface area (Å²) in [4.78, 5) is 39.5. The number of esters is 1. The van der Waals surface area contributed by atoms with Crippen molar-refractivity contribution in [3.05, 3.63) is 80.5 Å². The van der Waals surface area contributed by atoms with E-state index in [9.17, 15) is 36.1 Å². The van der Waals surface area contributed by atoms with E-state index in [0.717, 1.165) is 11.3 Å². The molecule has 2 aliphatic heterocycles. The fourth-order valence-corrected chi connectivity index (χ4v) is 8.54. The highest BCUT2D eigenvalue weighted by Crippen LogP contribution is 2.53. The van der Waals surface area contributed by atoms with E-state index in [-0.39, 0.29) is 34.5 Å². The van der Waals surface area contributed by atoms with Gasteiger partial charge in [-0.25, -0.2) is 21.8 Å². The average Bonchev–Trinajstić information content (AvgIpc) is 3.66. The first-order chi connectivity index (χ1) is 23.2. The van der Waals surface area contributed by atoms with Crippen LogP contribution in [0.5, 0.6) is 0 Å². The minimum Gasteiger partial charge on any atom is -0.458 e. The number of phosphoric acid groups is 1. The highest BCUT2D eigenvalue weighted by atomic mass is 35.5. The van der Waals surface area contributed by atoms with Gasteiger partial charge < -0.3 is 15.0 Å². The molecule has 0 radical (unpaired) electrons. The molecule has 2 aliphatic rings. The largest absolute Gasteiger partial charge is 0.475 e. The van der Waals surface area contributed by atoms with E-state index in [1.165, 1.54) is 36.1 Å². The first-order valence-electron chi connectivity index (χ1n) is 14.8. The minimum absolute atomic E-state index is 0.142. The second-order valence-corrected chi connectivity index (χ2v) is 16.1. The van der Waals surface area contributed by atoms with Gasteiger partial charge in [-0.05, 0) is 54.3 Å². The molecule has 0 saturated carbocycles. The maximum atomic E-state index is 14.9. The predicted octanol–water partition coefficient (Wildman–Crippen LogP) is 4.96. The molecule has 3 heterocycles. The zero-order valence-corrected chi connectivity index (χ0v) is 29.1. The lowest BCUT2D eigenvalue weighted by atomic mass is 10.1. The van der Waals surface area contributed by atoms with Crippen molar-refractivity contribution >= 4 is 64.3 Å². The Morgan fingerprint density at radius 1 is 1.08 bits per heavy atom. The standard InChI is InChI=1S/C30H31ClF2N3O10PS2/c1-19-23(36-13-5-10-27(36)37)8-4-9-25(19)49(41,42)35-22(14-34-28(38)24-11-12-26(31)48-24)29(39)43-17-30(32,33)18-46-47(40)44-15-20-6-2-3-7-21(20)16-45-47/h2-4,6-9,11-12,22,35H,5,10,13-18H2,1H3,(H,34,38)/t22-/m0/s1. The highest BCUT2D eigenvalue weighted by molar-refractivity contribution is 7.89. The number of fused-ring (bicyclic) bond motifs is 1. The molecule has 1 fully saturated rings. The summed E-state index contributed by atoms with van der Waals surface area (Å²) in [6.07, 6.45) is 0.900. The van der Waals surface area contributed by atoms with Crippen molar-refractivity contribution < 1.29 is 54.5 Å². The van der Waals surface area contributed by atoms with Gasteiger partial charge in [-0.15, -0.1) is 11.3 Å². The molecule has 2 aromatic carbocycles. The lowest BCUT2D eigenvalue weighted by Crippen LogP contribution is -2.50. The molecule has 2 N–H and O–H groups in total. The van der Waals surface area contributed by atoms with Crippen LogP contribution in [-0.4, -0.2) is 64.5 Å². The molecule has 49 heavy (non-hydrogen) atoms. The highest BCUT2D eigenvalue weighted by Gasteiger charge is 2.40. The summed E-state index contributed by atoms with van der Waals surface area (Å²) in [6, 6.07) is 12.0. The third-order valence-electron chi connectivity index (χ3n) is 7.49. The van der Waals surface area contributed by atoms with Crippen molar-refractivity contribution in [1.29, 1.82) is 0 Å². The van der Waals surface area contributed by atoms with Gasteiger partial charge in [0.1, 0.15) is 12.6 Å². The van der Waals surface area contributed by atoms with Crippen molar-refractivity contribution in [2.75, 3.05) is 31.2 Å². The van der Waals surface area contributed by atoms with Gasteiger partial charge in [0, 0.05) is 25.2 Å². The molecule has 0 bridgehead atoms. The summed E-state index contributed by atoms with van der Waals surface area (Å²) in [5.74, 6) is -6.28. The monoisotopic (exact) mass is 761 g/mol. The molecular formula is C30H31ClF2N3O10PS2. The van der Waals surface area contributed by atoms with Crippen molar-refractivity contribution in [2.24, 2.45) is 0 Å². The van der Waals surface area contributed by atoms with Crippen molar-refractivity contribution in [3.63, 3.8) is 0 Å². The van der Waals surface area contributed by atoms with Crippen LogP contribution in [-0.2, 0) is 55.7 Å². The summed E-state index contributed by atoms with van der Waals surface area (Å²) >= 11 is 6.81. The first-order valence-corrected chi connectivity index (χ1v) is 18.9.